The molecule has 0 radical (unpaired) electrons. The summed E-state index contributed by atoms with van der Waals surface area (Å²) in [4.78, 5) is 23.7. The third kappa shape index (κ3) is 4.05. The van der Waals surface area contributed by atoms with Crippen LogP contribution in [-0.4, -0.2) is 59.3 Å². The van der Waals surface area contributed by atoms with E-state index in [4.69, 9.17) is 14.6 Å². The minimum Gasteiger partial charge on any atom is -0.486 e. The van der Waals surface area contributed by atoms with Crippen molar-refractivity contribution < 1.29 is 24.3 Å². The zero-order valence-electron chi connectivity index (χ0n) is 14.6. The average molecular weight is 365 g/mol. The van der Waals surface area contributed by atoms with Crippen LogP contribution in [0.25, 0.3) is 0 Å². The Morgan fingerprint density at radius 2 is 2.00 bits per heavy atom. The number of ether oxygens (including phenoxy) is 2. The quantitative estimate of drug-likeness (QED) is 0.525. The highest BCUT2D eigenvalue weighted by Gasteiger charge is 2.34. The van der Waals surface area contributed by atoms with E-state index in [9.17, 15) is 14.9 Å². The lowest BCUT2D eigenvalue weighted by molar-refractivity contribution is -0.385. The van der Waals surface area contributed by atoms with Crippen molar-refractivity contribution in [3.05, 3.63) is 27.8 Å². The second kappa shape index (κ2) is 7.88. The molecule has 0 spiro atoms. The summed E-state index contributed by atoms with van der Waals surface area (Å²) < 4.78 is 10.9. The van der Waals surface area contributed by atoms with E-state index in [2.05, 4.69) is 5.32 Å². The van der Waals surface area contributed by atoms with Gasteiger partial charge in [0.1, 0.15) is 13.2 Å². The molecule has 26 heavy (non-hydrogen) atoms. The lowest BCUT2D eigenvalue weighted by atomic mass is 9.85. The van der Waals surface area contributed by atoms with Crippen LogP contribution in [0.2, 0.25) is 0 Å². The summed E-state index contributed by atoms with van der Waals surface area (Å²) >= 11 is 0. The van der Waals surface area contributed by atoms with Gasteiger partial charge in [-0.2, -0.15) is 0 Å². The van der Waals surface area contributed by atoms with Crippen LogP contribution in [0.4, 0.5) is 5.69 Å². The largest absolute Gasteiger partial charge is 0.486 e. The predicted molar refractivity (Wildman–Crippen MR) is 92.6 cm³/mol. The third-order valence-corrected chi connectivity index (χ3v) is 4.90. The zero-order chi connectivity index (χ0) is 18.7. The Bertz CT molecular complexity index is 689. The number of nitrogens with zero attached hydrogens (tertiary/aromatic N) is 2. The van der Waals surface area contributed by atoms with Gasteiger partial charge in [0, 0.05) is 24.2 Å². The Balaban J connectivity index is 1.59. The number of benzene rings is 1. The summed E-state index contributed by atoms with van der Waals surface area (Å²) in [6.45, 7) is 3.85. The van der Waals surface area contributed by atoms with Gasteiger partial charge in [0.15, 0.2) is 11.5 Å². The molecule has 2 aliphatic rings. The van der Waals surface area contributed by atoms with Crippen molar-refractivity contribution in [1.29, 1.82) is 0 Å². The second-order valence-electron chi connectivity index (χ2n) is 6.54. The predicted octanol–water partition coefficient (Wildman–Crippen LogP) is 1.39. The lowest BCUT2D eigenvalue weighted by Gasteiger charge is -2.42. The first-order chi connectivity index (χ1) is 12.5. The summed E-state index contributed by atoms with van der Waals surface area (Å²) in [5.74, 6) is 0.113. The third-order valence-electron chi connectivity index (χ3n) is 4.90. The molecule has 1 aromatic carbocycles. The summed E-state index contributed by atoms with van der Waals surface area (Å²) in [5.41, 5.74) is 0.569. The number of nitro groups is 1. The molecule has 1 fully saturated rings. The number of hydrogen-bond acceptors (Lipinski definition) is 7. The van der Waals surface area contributed by atoms with Crippen molar-refractivity contribution >= 4 is 11.7 Å². The fraction of sp³-hybridized carbons (Fsp3) is 0.588. The van der Waals surface area contributed by atoms with Gasteiger partial charge >= 0.3 is 5.97 Å². The molecular weight excluding hydrogens is 342 g/mol. The number of rotatable bonds is 8. The molecule has 0 saturated heterocycles. The Morgan fingerprint density at radius 3 is 2.58 bits per heavy atom. The lowest BCUT2D eigenvalue weighted by Crippen LogP contribution is -2.53. The van der Waals surface area contributed by atoms with Gasteiger partial charge in [0.05, 0.1) is 17.5 Å². The molecule has 1 aromatic rings. The van der Waals surface area contributed by atoms with Crippen LogP contribution in [0.15, 0.2) is 12.1 Å². The molecule has 0 atom stereocenters. The van der Waals surface area contributed by atoms with E-state index in [0.717, 1.165) is 12.8 Å². The van der Waals surface area contributed by atoms with E-state index in [1.165, 1.54) is 6.07 Å². The summed E-state index contributed by atoms with van der Waals surface area (Å²) in [6, 6.07) is 3.54. The summed E-state index contributed by atoms with van der Waals surface area (Å²) in [7, 11) is 0. The zero-order valence-corrected chi connectivity index (χ0v) is 14.6. The van der Waals surface area contributed by atoms with Crippen molar-refractivity contribution in [3.63, 3.8) is 0 Å². The van der Waals surface area contributed by atoms with Gasteiger partial charge < -0.3 is 19.9 Å². The second-order valence-corrected chi connectivity index (χ2v) is 6.54. The molecule has 9 heteroatoms. The van der Waals surface area contributed by atoms with E-state index >= 15 is 0 Å². The van der Waals surface area contributed by atoms with E-state index < -0.39 is 10.9 Å². The van der Waals surface area contributed by atoms with Gasteiger partial charge in [-0.15, -0.1) is 0 Å². The highest BCUT2D eigenvalue weighted by molar-refractivity contribution is 5.69. The van der Waals surface area contributed by atoms with Crippen molar-refractivity contribution in [2.75, 3.05) is 26.3 Å². The fourth-order valence-electron chi connectivity index (χ4n) is 3.41. The number of aliphatic carboxylic acids is 1. The smallest absolute Gasteiger partial charge is 0.317 e. The molecular formula is C17H23N3O6. The molecule has 0 bridgehead atoms. The van der Waals surface area contributed by atoms with Crippen LogP contribution < -0.4 is 14.8 Å². The summed E-state index contributed by atoms with van der Waals surface area (Å²) in [5, 5.41) is 23.6. The van der Waals surface area contributed by atoms with Gasteiger partial charge in [0.25, 0.3) is 5.69 Å². The molecule has 142 valence electrons. The van der Waals surface area contributed by atoms with Crippen LogP contribution in [0.1, 0.15) is 25.3 Å². The van der Waals surface area contributed by atoms with Crippen LogP contribution in [0.5, 0.6) is 11.5 Å². The van der Waals surface area contributed by atoms with Crippen molar-refractivity contribution in [1.82, 2.24) is 10.2 Å². The molecule has 9 nitrogen and oxygen atoms in total. The monoisotopic (exact) mass is 365 g/mol. The fourth-order valence-corrected chi connectivity index (χ4v) is 3.41. The highest BCUT2D eigenvalue weighted by atomic mass is 16.6. The molecule has 0 aromatic heterocycles. The van der Waals surface area contributed by atoms with E-state index in [1.807, 2.05) is 11.8 Å². The minimum absolute atomic E-state index is 0.0127. The molecule has 1 saturated carbocycles. The number of likely N-dealkylation sites (N-methyl/N-ethyl adjacent to an activating group) is 1. The number of carboxylic acids is 1. The maximum Gasteiger partial charge on any atom is 0.317 e. The molecule has 1 aliphatic carbocycles. The molecule has 2 N–H and O–H groups in total. The highest BCUT2D eigenvalue weighted by Crippen LogP contribution is 2.37. The van der Waals surface area contributed by atoms with Gasteiger partial charge in [-0.25, -0.2) is 0 Å². The van der Waals surface area contributed by atoms with Gasteiger partial charge in [-0.3, -0.25) is 19.8 Å². The molecule has 0 amide bonds. The van der Waals surface area contributed by atoms with Gasteiger partial charge in [0.2, 0.25) is 0 Å². The van der Waals surface area contributed by atoms with Crippen LogP contribution in [0, 0.1) is 10.1 Å². The molecule has 3 rings (SSSR count). The van der Waals surface area contributed by atoms with Crippen molar-refractivity contribution in [2.45, 2.75) is 38.4 Å². The van der Waals surface area contributed by atoms with Gasteiger partial charge in [-0.05, 0) is 25.5 Å². The van der Waals surface area contributed by atoms with E-state index in [0.29, 0.717) is 43.4 Å². The molecule has 1 aliphatic heterocycles. The first-order valence-corrected chi connectivity index (χ1v) is 8.74. The number of carboxylic acid groups (broad SMARTS) is 1. The Labute approximate surface area is 151 Å². The maximum absolute atomic E-state index is 11.3. The van der Waals surface area contributed by atoms with Crippen LogP contribution >= 0.6 is 0 Å². The Hall–Kier alpha value is -2.39. The van der Waals surface area contributed by atoms with Crippen LogP contribution in [0.3, 0.4) is 0 Å². The maximum atomic E-state index is 11.3. The first kappa shape index (κ1) is 18.4. The summed E-state index contributed by atoms with van der Waals surface area (Å²) in [6.07, 6.45) is 1.67. The Morgan fingerprint density at radius 1 is 1.35 bits per heavy atom. The number of fused-ring (bicyclic) bond motifs is 1. The SMILES string of the molecule is CCN(CC(=O)O)C1CC(NCc2cc3c(cc2[N+](=O)[O-])OCCO3)C1. The molecule has 0 unspecified atom stereocenters. The van der Waals surface area contributed by atoms with E-state index in [-0.39, 0.29) is 24.3 Å². The minimum atomic E-state index is -0.824. The Kier molecular flexibility index (Phi) is 5.58. The first-order valence-electron chi connectivity index (χ1n) is 8.74. The van der Waals surface area contributed by atoms with Gasteiger partial charge in [-0.1, -0.05) is 6.92 Å². The average Bonchev–Trinajstić information content (AvgIpc) is 2.58. The topological polar surface area (TPSA) is 114 Å². The van der Waals surface area contributed by atoms with Crippen LogP contribution in [-0.2, 0) is 11.3 Å². The number of nitrogens with one attached hydrogen (secondary N) is 1. The normalized spacial score (nSPS) is 21.3. The van der Waals surface area contributed by atoms with E-state index in [1.54, 1.807) is 6.07 Å². The van der Waals surface area contributed by atoms with Crippen molar-refractivity contribution in [3.8, 4) is 11.5 Å². The number of hydrogen-bond donors (Lipinski definition) is 2. The van der Waals surface area contributed by atoms with Crippen molar-refractivity contribution in [2.24, 2.45) is 0 Å². The number of nitro benzene ring substituents is 1. The molecule has 1 heterocycles. The standard InChI is InChI=1S/C17H23N3O6/c1-2-19(10-17(21)22)13-6-12(7-13)18-9-11-5-15-16(26-4-3-25-15)8-14(11)20(23)24/h5,8,12-13,18H,2-4,6-7,9-10H2,1H3,(H,21,22). The number of carbonyl (C=O) groups is 1.